The fourth-order valence-corrected chi connectivity index (χ4v) is 4.28. The van der Waals surface area contributed by atoms with E-state index in [4.69, 9.17) is 0 Å². The second-order valence-corrected chi connectivity index (χ2v) is 11.7. The standard InChI is InChI=1S/C13H18N2OS.C10H18FNO.C6H9NO2/c1-9(15-3)13(17-4)10-5-6-11(8-14-2)12(16)7-10;1-7(9(2,3)4)12-8(13)10(11)5-6-10;8-4-6-2-1-3-7(6)5-9/h5-7,14,16H,3,8H2,1-2,4H3;7H,5-6H2,1-4H3,(H,12,13);4-6H,1-3H2/b13-9-;;/t;;6-/m..0/s1. The molecule has 1 aromatic carbocycles. The van der Waals surface area contributed by atoms with E-state index < -0.39 is 11.6 Å². The molecule has 0 spiro atoms. The molecule has 2 amide bonds. The number of rotatable bonds is 9. The minimum atomic E-state index is -1.54. The summed E-state index contributed by atoms with van der Waals surface area (Å²) < 4.78 is 13.2. The maximum absolute atomic E-state index is 13.2. The molecule has 10 heteroatoms. The van der Waals surface area contributed by atoms with E-state index in [2.05, 4.69) is 22.3 Å². The fraction of sp³-hybridized carbons (Fsp3) is 0.586. The summed E-state index contributed by atoms with van der Waals surface area (Å²) in [6.45, 7) is 14.8. The molecule has 8 nitrogen and oxygen atoms in total. The van der Waals surface area contributed by atoms with Crippen LogP contribution in [0, 0.1) is 5.41 Å². The first-order valence-electron chi connectivity index (χ1n) is 13.1. The van der Waals surface area contributed by atoms with Gasteiger partial charge in [-0.2, -0.15) is 0 Å². The molecule has 0 radical (unpaired) electrons. The van der Waals surface area contributed by atoms with Gasteiger partial charge in [-0.15, -0.1) is 11.8 Å². The quantitative estimate of drug-likeness (QED) is 0.296. The van der Waals surface area contributed by atoms with Crippen LogP contribution >= 0.6 is 11.8 Å². The highest BCUT2D eigenvalue weighted by Crippen LogP contribution is 2.40. The largest absolute Gasteiger partial charge is 0.508 e. The van der Waals surface area contributed by atoms with Crippen molar-refractivity contribution in [3.8, 4) is 5.75 Å². The summed E-state index contributed by atoms with van der Waals surface area (Å²) in [4.78, 5) is 38.1. The zero-order valence-electron chi connectivity index (χ0n) is 24.3. The molecule has 218 valence electrons. The zero-order valence-corrected chi connectivity index (χ0v) is 25.2. The van der Waals surface area contributed by atoms with Gasteiger partial charge in [0.25, 0.3) is 5.91 Å². The lowest BCUT2D eigenvalue weighted by Crippen LogP contribution is -2.45. The van der Waals surface area contributed by atoms with Crippen LogP contribution in [0.25, 0.3) is 4.91 Å². The highest BCUT2D eigenvalue weighted by molar-refractivity contribution is 8.07. The predicted molar refractivity (Wildman–Crippen MR) is 159 cm³/mol. The third-order valence-corrected chi connectivity index (χ3v) is 7.80. The Bertz CT molecular complexity index is 1010. The Morgan fingerprint density at radius 1 is 1.36 bits per heavy atom. The summed E-state index contributed by atoms with van der Waals surface area (Å²) >= 11 is 1.60. The molecule has 0 bridgehead atoms. The zero-order chi connectivity index (χ0) is 29.8. The number of phenols is 1. The van der Waals surface area contributed by atoms with Gasteiger partial charge < -0.3 is 25.4 Å². The van der Waals surface area contributed by atoms with Crippen molar-refractivity contribution in [3.05, 3.63) is 35.0 Å². The number of likely N-dealkylation sites (tertiary alicyclic amines) is 1. The molecular formula is C29H45FN4O4S. The number of alkyl halides is 1. The van der Waals surface area contributed by atoms with E-state index in [0.717, 1.165) is 53.8 Å². The number of hydrogen-bond donors (Lipinski definition) is 3. The van der Waals surface area contributed by atoms with Crippen molar-refractivity contribution >= 4 is 42.0 Å². The molecule has 1 saturated carbocycles. The Kier molecular flexibility index (Phi) is 13.9. The summed E-state index contributed by atoms with van der Waals surface area (Å²) in [6.07, 6.45) is 6.13. The lowest BCUT2D eigenvalue weighted by atomic mass is 9.88. The van der Waals surface area contributed by atoms with Crippen LogP contribution < -0.4 is 10.6 Å². The van der Waals surface area contributed by atoms with Crippen LogP contribution in [0.1, 0.15) is 71.4 Å². The Balaban J connectivity index is 0.000000307. The third-order valence-electron chi connectivity index (χ3n) is 6.86. The number of nitrogens with one attached hydrogen (secondary N) is 2. The SMILES string of the molecule is C=N/C(C)=C(\SC)c1ccc(CNC)c(O)c1.CC(NC(=O)C1(F)CC1)C(C)(C)C.O=C[C@@H]1CCCN1C=O. The van der Waals surface area contributed by atoms with Crippen molar-refractivity contribution in [3.63, 3.8) is 0 Å². The molecule has 1 aliphatic carbocycles. The monoisotopic (exact) mass is 564 g/mol. The first kappa shape index (κ1) is 34.3. The number of carbonyl (C=O) groups is 3. The van der Waals surface area contributed by atoms with E-state index in [-0.39, 0.29) is 17.5 Å². The summed E-state index contributed by atoms with van der Waals surface area (Å²) in [6, 6.07) is 5.56. The number of benzene rings is 1. The van der Waals surface area contributed by atoms with Crippen LogP contribution in [-0.4, -0.2) is 72.9 Å². The first-order valence-corrected chi connectivity index (χ1v) is 14.3. The lowest BCUT2D eigenvalue weighted by Gasteiger charge is -2.28. The van der Waals surface area contributed by atoms with Crippen molar-refractivity contribution in [2.24, 2.45) is 10.4 Å². The van der Waals surface area contributed by atoms with Crippen molar-refractivity contribution < 1.29 is 23.9 Å². The van der Waals surface area contributed by atoms with Gasteiger partial charge in [-0.25, -0.2) is 4.39 Å². The fourth-order valence-electron chi connectivity index (χ4n) is 3.56. The molecule has 1 aliphatic heterocycles. The normalized spacial score (nSPS) is 18.8. The van der Waals surface area contributed by atoms with E-state index in [1.54, 1.807) is 17.8 Å². The van der Waals surface area contributed by atoms with Crippen LogP contribution in [0.15, 0.2) is 28.9 Å². The highest BCUT2D eigenvalue weighted by atomic mass is 32.2. The van der Waals surface area contributed by atoms with Crippen LogP contribution in [0.3, 0.4) is 0 Å². The van der Waals surface area contributed by atoms with E-state index in [1.165, 1.54) is 4.90 Å². The van der Waals surface area contributed by atoms with Gasteiger partial charge in [-0.3, -0.25) is 14.6 Å². The smallest absolute Gasteiger partial charge is 0.257 e. The highest BCUT2D eigenvalue weighted by Gasteiger charge is 2.51. The minimum absolute atomic E-state index is 0.00762. The van der Waals surface area contributed by atoms with Gasteiger partial charge in [0.1, 0.15) is 12.0 Å². The van der Waals surface area contributed by atoms with Crippen LogP contribution in [0.5, 0.6) is 5.75 Å². The molecule has 1 aromatic rings. The van der Waals surface area contributed by atoms with Gasteiger partial charge in [0.2, 0.25) is 6.41 Å². The predicted octanol–water partition coefficient (Wildman–Crippen LogP) is 4.71. The molecule has 3 N–H and O–H groups in total. The second-order valence-electron chi connectivity index (χ2n) is 10.9. The molecule has 1 unspecified atom stereocenters. The van der Waals surface area contributed by atoms with E-state index in [1.807, 2.05) is 60.1 Å². The van der Waals surface area contributed by atoms with E-state index in [9.17, 15) is 23.9 Å². The number of phenolic OH excluding ortho intramolecular Hbond substituents is 1. The molecule has 1 heterocycles. The third kappa shape index (κ3) is 10.8. The van der Waals surface area contributed by atoms with Gasteiger partial charge in [0, 0.05) is 29.6 Å². The first-order chi connectivity index (χ1) is 18.3. The summed E-state index contributed by atoms with van der Waals surface area (Å²) in [5.74, 6) is -0.129. The van der Waals surface area contributed by atoms with Crippen LogP contribution in [-0.2, 0) is 20.9 Å². The molecule has 3 rings (SSSR count). The molecule has 0 aromatic heterocycles. The van der Waals surface area contributed by atoms with Gasteiger partial charge in [0.15, 0.2) is 5.67 Å². The number of halogens is 1. The number of aliphatic imine (C=N–C) groups is 1. The molecule has 1 saturated heterocycles. The molecule has 2 aliphatic rings. The van der Waals surface area contributed by atoms with E-state index in [0.29, 0.717) is 25.1 Å². The molecule has 2 atom stereocenters. The average molecular weight is 565 g/mol. The van der Waals surface area contributed by atoms with Gasteiger partial charge in [-0.1, -0.05) is 32.9 Å². The number of aromatic hydroxyl groups is 1. The average Bonchev–Trinajstić information content (AvgIpc) is 3.48. The summed E-state index contributed by atoms with van der Waals surface area (Å²) in [7, 11) is 1.85. The van der Waals surface area contributed by atoms with Gasteiger partial charge >= 0.3 is 0 Å². The van der Waals surface area contributed by atoms with Crippen molar-refractivity contribution in [1.82, 2.24) is 15.5 Å². The molecule has 39 heavy (non-hydrogen) atoms. The minimum Gasteiger partial charge on any atom is -0.508 e. The van der Waals surface area contributed by atoms with Crippen LogP contribution in [0.2, 0.25) is 0 Å². The van der Waals surface area contributed by atoms with Crippen molar-refractivity contribution in [1.29, 1.82) is 0 Å². The summed E-state index contributed by atoms with van der Waals surface area (Å²) in [5.41, 5.74) is 1.18. The van der Waals surface area contributed by atoms with Gasteiger partial charge in [-0.05, 0) is 76.6 Å². The summed E-state index contributed by atoms with van der Waals surface area (Å²) in [5, 5.41) is 15.6. The number of nitrogens with zero attached hydrogens (tertiary/aromatic N) is 2. The Morgan fingerprint density at radius 3 is 2.41 bits per heavy atom. The number of aldehydes is 1. The maximum Gasteiger partial charge on any atom is 0.257 e. The number of amides is 2. The van der Waals surface area contributed by atoms with Crippen molar-refractivity contribution in [2.45, 2.75) is 84.6 Å². The number of carbonyl (C=O) groups excluding carboxylic acids is 3. The Morgan fingerprint density at radius 2 is 2.00 bits per heavy atom. The molecule has 2 fully saturated rings. The number of hydrogen-bond acceptors (Lipinski definition) is 7. The van der Waals surface area contributed by atoms with Crippen molar-refractivity contribution in [2.75, 3.05) is 19.8 Å². The Labute approximate surface area is 236 Å². The maximum atomic E-state index is 13.2. The Hall–Kier alpha value is -2.72. The number of allylic oxidation sites excluding steroid dienone is 1. The topological polar surface area (TPSA) is 111 Å². The second kappa shape index (κ2) is 15.8. The van der Waals surface area contributed by atoms with Crippen LogP contribution in [0.4, 0.5) is 4.39 Å². The van der Waals surface area contributed by atoms with E-state index >= 15 is 0 Å². The lowest BCUT2D eigenvalue weighted by molar-refractivity contribution is -0.128. The number of thioether (sulfide) groups is 1. The van der Waals surface area contributed by atoms with Gasteiger partial charge in [0.05, 0.1) is 11.7 Å². The molecular weight excluding hydrogens is 519 g/mol.